The van der Waals surface area contributed by atoms with Crippen LogP contribution in [0, 0.1) is 11.8 Å². The van der Waals surface area contributed by atoms with Crippen molar-refractivity contribution < 1.29 is 0 Å². The predicted octanol–water partition coefficient (Wildman–Crippen LogP) is 14.6. The molecule has 0 N–H and O–H groups in total. The van der Waals surface area contributed by atoms with Crippen molar-refractivity contribution >= 4 is 0 Å². The molecule has 0 aromatic rings. The van der Waals surface area contributed by atoms with E-state index in [2.05, 4.69) is 34.3 Å². The van der Waals surface area contributed by atoms with Gasteiger partial charge in [0.1, 0.15) is 0 Å². The van der Waals surface area contributed by atoms with Gasteiger partial charge in [0, 0.05) is 0 Å². The minimum absolute atomic E-state index is 0.891. The molecule has 0 unspecified atom stereocenters. The van der Waals surface area contributed by atoms with Crippen LogP contribution >= 0.6 is 0 Å². The van der Waals surface area contributed by atoms with Gasteiger partial charge in [0.25, 0.3) is 0 Å². The molecule has 0 heterocycles. The number of allylic oxidation sites excluding steroid dienone is 1. The topological polar surface area (TPSA) is 0 Å². The van der Waals surface area contributed by atoms with Crippen LogP contribution < -0.4 is 0 Å². The zero-order valence-electron chi connectivity index (χ0n) is 27.6. The van der Waals surface area contributed by atoms with Crippen molar-refractivity contribution in [2.75, 3.05) is 0 Å². The van der Waals surface area contributed by atoms with Crippen LogP contribution in [0.1, 0.15) is 220 Å². The van der Waals surface area contributed by atoms with Crippen LogP contribution in [-0.2, 0) is 0 Å². The molecule has 0 spiro atoms. The molecule has 0 rings (SSSR count). The molecule has 228 valence electrons. The van der Waals surface area contributed by atoms with Gasteiger partial charge in [-0.05, 0) is 37.5 Å². The summed E-state index contributed by atoms with van der Waals surface area (Å²) >= 11 is 0. The van der Waals surface area contributed by atoms with Crippen LogP contribution in [0.2, 0.25) is 0 Å². The first kappa shape index (κ1) is 37.7. The number of unbranched alkanes of at least 4 members (excludes halogenated alkanes) is 24. The molecule has 0 aliphatic heterocycles. The van der Waals surface area contributed by atoms with E-state index in [-0.39, 0.29) is 0 Å². The van der Waals surface area contributed by atoms with Crippen LogP contribution in [-0.4, -0.2) is 0 Å². The quantitative estimate of drug-likeness (QED) is 0.0596. The monoisotopic (exact) mass is 533 g/mol. The third-order valence-electron chi connectivity index (χ3n) is 8.62. The molecule has 0 aliphatic carbocycles. The zero-order valence-corrected chi connectivity index (χ0v) is 27.6. The van der Waals surface area contributed by atoms with Gasteiger partial charge >= 0.3 is 0 Å². The average Bonchev–Trinajstić information content (AvgIpc) is 2.88. The Morgan fingerprint density at radius 3 is 0.711 bits per heavy atom. The van der Waals surface area contributed by atoms with E-state index in [0.717, 1.165) is 11.8 Å². The molecule has 0 saturated heterocycles. The average molecular weight is 533 g/mol. The molecule has 0 aliphatic rings. The van der Waals surface area contributed by atoms with E-state index in [9.17, 15) is 0 Å². The lowest BCUT2D eigenvalue weighted by molar-refractivity contribution is 0.502. The molecule has 0 atom stereocenters. The minimum Gasteiger partial charge on any atom is -0.0999 e. The Hall–Kier alpha value is -0.260. The van der Waals surface area contributed by atoms with Gasteiger partial charge in [-0.1, -0.05) is 207 Å². The molecule has 0 aromatic heterocycles. The molecular formula is C38H76. The fourth-order valence-corrected chi connectivity index (χ4v) is 5.87. The van der Waals surface area contributed by atoms with E-state index in [1.54, 1.807) is 0 Å². The van der Waals surface area contributed by atoms with E-state index in [1.165, 1.54) is 198 Å². The number of hydrogen-bond donors (Lipinski definition) is 0. The van der Waals surface area contributed by atoms with Crippen molar-refractivity contribution in [1.82, 2.24) is 0 Å². The van der Waals surface area contributed by atoms with Gasteiger partial charge in [-0.15, -0.1) is 0 Å². The van der Waals surface area contributed by atoms with Crippen molar-refractivity contribution in [3.63, 3.8) is 0 Å². The van der Waals surface area contributed by atoms with Crippen molar-refractivity contribution in [3.05, 3.63) is 12.2 Å². The van der Waals surface area contributed by atoms with E-state index >= 15 is 0 Å². The van der Waals surface area contributed by atoms with Gasteiger partial charge in [-0.3, -0.25) is 0 Å². The van der Waals surface area contributed by atoms with Gasteiger partial charge in [0.15, 0.2) is 0 Å². The molecule has 0 fully saturated rings. The summed E-state index contributed by atoms with van der Waals surface area (Å²) in [6.45, 7) is 13.8. The molecule has 0 saturated carbocycles. The first-order valence-corrected chi connectivity index (χ1v) is 18.2. The molecular weight excluding hydrogens is 456 g/mol. The van der Waals surface area contributed by atoms with E-state index in [0.29, 0.717) is 0 Å². The van der Waals surface area contributed by atoms with Crippen LogP contribution in [0.4, 0.5) is 0 Å². The summed E-state index contributed by atoms with van der Waals surface area (Å²) in [5.74, 6) is 1.78. The van der Waals surface area contributed by atoms with E-state index in [1.807, 2.05) is 0 Å². The maximum absolute atomic E-state index is 4.37. The SMILES string of the molecule is C=C(CCCCCCCCCCCCCCCC(C)C)CCCCCCCCCCCCCCCC(C)C. The van der Waals surface area contributed by atoms with Crippen molar-refractivity contribution in [3.8, 4) is 0 Å². The van der Waals surface area contributed by atoms with E-state index in [4.69, 9.17) is 0 Å². The highest BCUT2D eigenvalue weighted by Gasteiger charge is 1.99. The molecule has 0 heteroatoms. The van der Waals surface area contributed by atoms with Crippen molar-refractivity contribution in [2.45, 2.75) is 220 Å². The summed E-state index contributed by atoms with van der Waals surface area (Å²) in [6, 6.07) is 0. The van der Waals surface area contributed by atoms with Crippen LogP contribution in [0.3, 0.4) is 0 Å². The lowest BCUT2D eigenvalue weighted by Gasteiger charge is -2.07. The van der Waals surface area contributed by atoms with Crippen molar-refractivity contribution in [2.24, 2.45) is 11.8 Å². The summed E-state index contributed by atoms with van der Waals surface area (Å²) in [5, 5.41) is 0. The summed E-state index contributed by atoms with van der Waals surface area (Å²) in [7, 11) is 0. The first-order chi connectivity index (χ1) is 18.5. The fraction of sp³-hybridized carbons (Fsp3) is 0.947. The molecule has 38 heavy (non-hydrogen) atoms. The Morgan fingerprint density at radius 2 is 0.500 bits per heavy atom. The predicted molar refractivity (Wildman–Crippen MR) is 177 cm³/mol. The van der Waals surface area contributed by atoms with Crippen LogP contribution in [0.25, 0.3) is 0 Å². The van der Waals surface area contributed by atoms with Gasteiger partial charge in [0.2, 0.25) is 0 Å². The van der Waals surface area contributed by atoms with Gasteiger partial charge in [0.05, 0.1) is 0 Å². The second-order valence-electron chi connectivity index (χ2n) is 13.8. The lowest BCUT2D eigenvalue weighted by atomic mass is 10.00. The first-order valence-electron chi connectivity index (χ1n) is 18.2. The second kappa shape index (κ2) is 31.3. The highest BCUT2D eigenvalue weighted by molar-refractivity contribution is 4.93. The van der Waals surface area contributed by atoms with Gasteiger partial charge < -0.3 is 0 Å². The smallest absolute Gasteiger partial charge is 0.0323 e. The molecule has 0 amide bonds. The maximum atomic E-state index is 4.37. The number of rotatable bonds is 32. The fourth-order valence-electron chi connectivity index (χ4n) is 5.87. The normalized spacial score (nSPS) is 11.7. The minimum atomic E-state index is 0.891. The Morgan fingerprint density at radius 1 is 0.316 bits per heavy atom. The van der Waals surface area contributed by atoms with Crippen LogP contribution in [0.15, 0.2) is 12.2 Å². The Balaban J connectivity index is 3.16. The van der Waals surface area contributed by atoms with Crippen LogP contribution in [0.5, 0.6) is 0 Å². The second-order valence-corrected chi connectivity index (χ2v) is 13.8. The largest absolute Gasteiger partial charge is 0.0999 e. The van der Waals surface area contributed by atoms with Gasteiger partial charge in [-0.25, -0.2) is 0 Å². The molecule has 0 bridgehead atoms. The summed E-state index contributed by atoms with van der Waals surface area (Å²) in [4.78, 5) is 0. The standard InChI is InChI=1S/C38H76/c1-36(2)32-28-24-20-16-12-8-6-10-14-18-22-26-30-34-38(5)35-31-27-23-19-15-11-7-9-13-17-21-25-29-33-37(3)4/h36-37H,5-35H2,1-4H3. The summed E-state index contributed by atoms with van der Waals surface area (Å²) in [5.41, 5.74) is 1.53. The van der Waals surface area contributed by atoms with Gasteiger partial charge in [-0.2, -0.15) is 0 Å². The summed E-state index contributed by atoms with van der Waals surface area (Å²) in [6.07, 6.45) is 43.3. The molecule has 0 nitrogen and oxygen atoms in total. The van der Waals surface area contributed by atoms with Crippen molar-refractivity contribution in [1.29, 1.82) is 0 Å². The third-order valence-corrected chi connectivity index (χ3v) is 8.62. The third kappa shape index (κ3) is 33.8. The van der Waals surface area contributed by atoms with E-state index < -0.39 is 0 Å². The molecule has 0 aromatic carbocycles. The Bertz CT molecular complexity index is 405. The molecule has 0 radical (unpaired) electrons. The Labute approximate surface area is 244 Å². The lowest BCUT2D eigenvalue weighted by Crippen LogP contribution is -1.88. The Kier molecular flexibility index (Phi) is 31.1. The zero-order chi connectivity index (χ0) is 27.9. The summed E-state index contributed by atoms with van der Waals surface area (Å²) < 4.78 is 0. The highest BCUT2D eigenvalue weighted by Crippen LogP contribution is 2.19. The highest BCUT2D eigenvalue weighted by atomic mass is 14.1. The number of hydrogen-bond acceptors (Lipinski definition) is 0. The maximum Gasteiger partial charge on any atom is -0.0323 e.